The second-order valence-electron chi connectivity index (χ2n) is 7.46. The van der Waals surface area contributed by atoms with Gasteiger partial charge in [-0.05, 0) is 61.6 Å². The van der Waals surface area contributed by atoms with Crippen molar-refractivity contribution in [2.45, 2.75) is 25.7 Å². The van der Waals surface area contributed by atoms with E-state index in [0.29, 0.717) is 10.7 Å². The first-order chi connectivity index (χ1) is 16.1. The molecular formula is C22H18FN7O2S. The van der Waals surface area contributed by atoms with Crippen LogP contribution in [0.25, 0.3) is 11.4 Å². The average molecular weight is 463 g/mol. The third-order valence-electron chi connectivity index (χ3n) is 5.21. The Morgan fingerprint density at radius 2 is 2.00 bits per heavy atom. The van der Waals surface area contributed by atoms with Gasteiger partial charge in [-0.2, -0.15) is 5.10 Å². The van der Waals surface area contributed by atoms with Gasteiger partial charge < -0.3 is 10.6 Å². The van der Waals surface area contributed by atoms with E-state index in [2.05, 4.69) is 35.8 Å². The zero-order chi connectivity index (χ0) is 22.8. The van der Waals surface area contributed by atoms with Gasteiger partial charge in [-0.25, -0.2) is 24.4 Å². The summed E-state index contributed by atoms with van der Waals surface area (Å²) in [5, 5.41) is 11.8. The van der Waals surface area contributed by atoms with Gasteiger partial charge in [0.05, 0.1) is 10.6 Å². The summed E-state index contributed by atoms with van der Waals surface area (Å²) in [5.74, 6) is -0.857. The smallest absolute Gasteiger partial charge is 0.287 e. The summed E-state index contributed by atoms with van der Waals surface area (Å²) in [6.07, 6.45) is 7.05. The molecule has 4 heterocycles. The minimum Gasteiger partial charge on any atom is -0.336 e. The number of halogens is 1. The molecule has 1 aliphatic rings. The topological polar surface area (TPSA) is 126 Å². The molecule has 0 atom stereocenters. The maximum absolute atomic E-state index is 14.4. The minimum absolute atomic E-state index is 0.180. The van der Waals surface area contributed by atoms with Gasteiger partial charge in [-0.1, -0.05) is 0 Å². The van der Waals surface area contributed by atoms with E-state index in [9.17, 15) is 14.0 Å². The van der Waals surface area contributed by atoms with Gasteiger partial charge >= 0.3 is 0 Å². The van der Waals surface area contributed by atoms with Crippen molar-refractivity contribution in [2.24, 2.45) is 0 Å². The molecule has 4 aromatic heterocycles. The van der Waals surface area contributed by atoms with Crippen molar-refractivity contribution in [3.05, 3.63) is 74.3 Å². The summed E-state index contributed by atoms with van der Waals surface area (Å²) in [4.78, 5) is 38.7. The number of H-pyrrole nitrogens is 1. The minimum atomic E-state index is -0.669. The fourth-order valence-corrected chi connectivity index (χ4v) is 4.73. The van der Waals surface area contributed by atoms with Gasteiger partial charge in [0.15, 0.2) is 11.6 Å². The molecule has 0 spiro atoms. The number of pyridine rings is 1. The molecule has 0 radical (unpaired) electrons. The zero-order valence-corrected chi connectivity index (χ0v) is 18.1. The number of nitrogens with one attached hydrogen (secondary N) is 3. The van der Waals surface area contributed by atoms with E-state index in [-0.39, 0.29) is 22.9 Å². The molecule has 0 bridgehead atoms. The lowest BCUT2D eigenvalue weighted by atomic mass is 9.99. The van der Waals surface area contributed by atoms with E-state index < -0.39 is 17.3 Å². The number of hydrogen-bond acceptors (Lipinski definition) is 8. The normalized spacial score (nSPS) is 12.8. The Morgan fingerprint density at radius 1 is 1.12 bits per heavy atom. The van der Waals surface area contributed by atoms with E-state index in [1.165, 1.54) is 52.5 Å². The van der Waals surface area contributed by atoms with Crippen LogP contribution >= 0.6 is 11.3 Å². The molecule has 33 heavy (non-hydrogen) atoms. The van der Waals surface area contributed by atoms with Crippen LogP contribution in [0.4, 0.5) is 21.7 Å². The highest BCUT2D eigenvalue weighted by Gasteiger charge is 2.19. The Morgan fingerprint density at radius 3 is 2.82 bits per heavy atom. The zero-order valence-electron chi connectivity index (χ0n) is 17.3. The van der Waals surface area contributed by atoms with Crippen LogP contribution in [-0.4, -0.2) is 31.1 Å². The number of hydrogen-bond donors (Lipinski definition) is 3. The lowest BCUT2D eigenvalue weighted by Gasteiger charge is -2.08. The third-order valence-corrected chi connectivity index (χ3v) is 6.44. The summed E-state index contributed by atoms with van der Waals surface area (Å²) < 4.78 is 14.4. The Kier molecular flexibility index (Phi) is 5.61. The molecule has 0 saturated heterocycles. The SMILES string of the molecule is O=C(Nc1nc(-c2cc(Nc3ccncn3)c(=O)[nH]n2)ccc1F)c1cc2c(s1)CCCC2. The Bertz CT molecular complexity index is 1360. The summed E-state index contributed by atoms with van der Waals surface area (Å²) in [5.41, 5.74) is 1.47. The van der Waals surface area contributed by atoms with E-state index in [1.807, 2.05) is 6.07 Å². The Labute approximate surface area is 191 Å². The fourth-order valence-electron chi connectivity index (χ4n) is 3.58. The van der Waals surface area contributed by atoms with Gasteiger partial charge in [0, 0.05) is 11.1 Å². The number of thiophene rings is 1. The van der Waals surface area contributed by atoms with Crippen LogP contribution in [0.15, 0.2) is 47.7 Å². The summed E-state index contributed by atoms with van der Waals surface area (Å²) in [7, 11) is 0. The highest BCUT2D eigenvalue weighted by Crippen LogP contribution is 2.30. The van der Waals surface area contributed by atoms with Gasteiger partial charge in [-0.15, -0.1) is 11.3 Å². The van der Waals surface area contributed by atoms with E-state index in [0.717, 1.165) is 25.7 Å². The van der Waals surface area contributed by atoms with Crippen LogP contribution in [0.3, 0.4) is 0 Å². The number of nitrogens with zero attached hydrogens (tertiary/aromatic N) is 4. The molecule has 11 heteroatoms. The average Bonchev–Trinajstić information content (AvgIpc) is 3.27. The predicted molar refractivity (Wildman–Crippen MR) is 122 cm³/mol. The van der Waals surface area contributed by atoms with Crippen LogP contribution in [0, 0.1) is 5.82 Å². The molecule has 1 aliphatic carbocycles. The molecule has 0 unspecified atom stereocenters. The summed E-state index contributed by atoms with van der Waals surface area (Å²) in [6, 6.07) is 7.57. The molecule has 1 amide bonds. The van der Waals surface area contributed by atoms with Crippen molar-refractivity contribution in [3.63, 3.8) is 0 Å². The molecule has 3 N–H and O–H groups in total. The molecule has 5 rings (SSSR count). The molecule has 0 aliphatic heterocycles. The first-order valence-electron chi connectivity index (χ1n) is 10.3. The molecule has 166 valence electrons. The van der Waals surface area contributed by atoms with Crippen molar-refractivity contribution in [3.8, 4) is 11.4 Å². The number of rotatable bonds is 5. The van der Waals surface area contributed by atoms with Gasteiger partial charge in [0.2, 0.25) is 0 Å². The van der Waals surface area contributed by atoms with Crippen molar-refractivity contribution in [2.75, 3.05) is 10.6 Å². The first kappa shape index (κ1) is 20.9. The number of amides is 1. The molecule has 0 fully saturated rings. The van der Waals surface area contributed by atoms with Gasteiger partial charge in [0.1, 0.15) is 23.5 Å². The summed E-state index contributed by atoms with van der Waals surface area (Å²) >= 11 is 1.44. The van der Waals surface area contributed by atoms with Crippen LogP contribution in [0.5, 0.6) is 0 Å². The Hall–Kier alpha value is -3.99. The summed E-state index contributed by atoms with van der Waals surface area (Å²) in [6.45, 7) is 0. The molecule has 0 saturated carbocycles. The predicted octanol–water partition coefficient (Wildman–Crippen LogP) is 3.70. The number of carbonyl (C=O) groups excluding carboxylic acids is 1. The second kappa shape index (κ2) is 8.87. The number of aromatic amines is 1. The lowest BCUT2D eigenvalue weighted by molar-refractivity contribution is 0.102. The first-order valence-corrected chi connectivity index (χ1v) is 11.1. The van der Waals surface area contributed by atoms with Crippen LogP contribution in [-0.2, 0) is 12.8 Å². The van der Waals surface area contributed by atoms with Gasteiger partial charge in [0.25, 0.3) is 11.5 Å². The standard InChI is InChI=1S/C22H18FN7O2S/c23-13-5-6-14(15-10-16(21(31)30-29-15)26-19-7-8-24-11-25-19)27-20(13)28-22(32)18-9-12-3-1-2-4-17(12)33-18/h5-11H,1-4H2,(H,30,31)(H,27,28,32)(H,24,25,26,29). The number of anilines is 3. The number of aryl methyl sites for hydroxylation is 2. The van der Waals surface area contributed by atoms with Crippen molar-refractivity contribution in [1.29, 1.82) is 0 Å². The lowest BCUT2D eigenvalue weighted by Crippen LogP contribution is -2.15. The maximum Gasteiger partial charge on any atom is 0.287 e. The molecule has 0 aromatic carbocycles. The second-order valence-corrected chi connectivity index (χ2v) is 8.60. The van der Waals surface area contributed by atoms with E-state index in [1.54, 1.807) is 6.07 Å². The Balaban J connectivity index is 1.40. The van der Waals surface area contributed by atoms with Crippen LogP contribution < -0.4 is 16.2 Å². The van der Waals surface area contributed by atoms with Crippen LogP contribution in [0.1, 0.15) is 33.0 Å². The molecule has 4 aromatic rings. The monoisotopic (exact) mass is 463 g/mol. The molecular weight excluding hydrogens is 445 g/mol. The van der Waals surface area contributed by atoms with Gasteiger partial charge in [-0.3, -0.25) is 9.59 Å². The highest BCUT2D eigenvalue weighted by atomic mass is 32.1. The largest absolute Gasteiger partial charge is 0.336 e. The van der Waals surface area contributed by atoms with E-state index >= 15 is 0 Å². The van der Waals surface area contributed by atoms with Crippen molar-refractivity contribution >= 4 is 34.6 Å². The maximum atomic E-state index is 14.4. The van der Waals surface area contributed by atoms with E-state index in [4.69, 9.17) is 0 Å². The quantitative estimate of drug-likeness (QED) is 0.412. The number of aromatic nitrogens is 5. The third kappa shape index (κ3) is 4.48. The molecule has 9 nitrogen and oxygen atoms in total. The number of fused-ring (bicyclic) bond motifs is 1. The highest BCUT2D eigenvalue weighted by molar-refractivity contribution is 7.14. The number of carbonyl (C=O) groups is 1. The van der Waals surface area contributed by atoms with Crippen LogP contribution in [0.2, 0.25) is 0 Å². The fraction of sp³-hybridized carbons (Fsp3) is 0.182. The van der Waals surface area contributed by atoms with Crippen molar-refractivity contribution < 1.29 is 9.18 Å². The van der Waals surface area contributed by atoms with Crippen molar-refractivity contribution in [1.82, 2.24) is 25.1 Å².